The van der Waals surface area contributed by atoms with E-state index in [-0.39, 0.29) is 5.97 Å². The Hall–Kier alpha value is -3.47. The second-order valence-electron chi connectivity index (χ2n) is 4.78. The van der Waals surface area contributed by atoms with Crippen molar-refractivity contribution < 1.29 is 24.2 Å². The molecule has 0 saturated carbocycles. The van der Waals surface area contributed by atoms with Crippen LogP contribution in [0.4, 0.5) is 0 Å². The fourth-order valence-electron chi connectivity index (χ4n) is 1.65. The molecule has 0 aliphatic heterocycles. The number of hydrogen-bond donors (Lipinski definition) is 1. The number of carbonyl (C=O) groups is 3. The summed E-state index contributed by atoms with van der Waals surface area (Å²) in [6, 6.07) is 17.7. The molecule has 0 saturated heterocycles. The lowest BCUT2D eigenvalue weighted by Gasteiger charge is -2.00. The van der Waals surface area contributed by atoms with Crippen LogP contribution in [0.25, 0.3) is 0 Å². The van der Waals surface area contributed by atoms with Crippen LogP contribution in [0.2, 0.25) is 0 Å². The van der Waals surface area contributed by atoms with Crippen LogP contribution >= 0.6 is 0 Å². The largest absolute Gasteiger partial charge is 0.478 e. The van der Waals surface area contributed by atoms with Gasteiger partial charge in [0.1, 0.15) is 12.2 Å². The quantitative estimate of drug-likeness (QED) is 0.287. The number of carboxylic acids is 1. The van der Waals surface area contributed by atoms with Gasteiger partial charge in [-0.3, -0.25) is 4.79 Å². The molecule has 5 heteroatoms. The molecule has 0 aliphatic carbocycles. The van der Waals surface area contributed by atoms with Crippen LogP contribution in [-0.4, -0.2) is 22.8 Å². The zero-order chi connectivity index (χ0) is 18.7. The molecule has 0 aromatic heterocycles. The molecule has 2 aromatic rings. The molecule has 128 valence electrons. The van der Waals surface area contributed by atoms with E-state index >= 15 is 0 Å². The van der Waals surface area contributed by atoms with E-state index < -0.39 is 17.3 Å². The van der Waals surface area contributed by atoms with Crippen molar-refractivity contribution in [2.24, 2.45) is 0 Å². The van der Waals surface area contributed by atoms with Gasteiger partial charge in [-0.05, 0) is 5.56 Å². The van der Waals surface area contributed by atoms with Crippen LogP contribution in [0.1, 0.15) is 15.9 Å². The fraction of sp³-hybridized carbons (Fsp3) is 0.0500. The summed E-state index contributed by atoms with van der Waals surface area (Å²) in [5.74, 6) is -2.22. The predicted molar refractivity (Wildman–Crippen MR) is 94.0 cm³/mol. The normalized spacial score (nSPS) is 9.12. The summed E-state index contributed by atoms with van der Waals surface area (Å²) in [5, 5.41) is 8.49. The van der Waals surface area contributed by atoms with Crippen LogP contribution in [0, 0.1) is 0 Å². The van der Waals surface area contributed by atoms with Crippen LogP contribution < -0.4 is 0 Å². The third kappa shape index (κ3) is 7.09. The summed E-state index contributed by atoms with van der Waals surface area (Å²) in [6.07, 6.45) is 1.16. The molecule has 2 aromatic carbocycles. The van der Waals surface area contributed by atoms with Gasteiger partial charge in [-0.25, -0.2) is 9.59 Å². The van der Waals surface area contributed by atoms with Crippen molar-refractivity contribution in [3.05, 3.63) is 96.6 Å². The lowest BCUT2D eigenvalue weighted by Crippen LogP contribution is -2.10. The number of hydrogen-bond acceptors (Lipinski definition) is 4. The Labute approximate surface area is 145 Å². The van der Waals surface area contributed by atoms with Gasteiger partial charge in [0.2, 0.25) is 0 Å². The van der Waals surface area contributed by atoms with Gasteiger partial charge in [0.15, 0.2) is 5.78 Å². The maximum atomic E-state index is 11.3. The first kappa shape index (κ1) is 19.6. The van der Waals surface area contributed by atoms with Crippen molar-refractivity contribution in [1.82, 2.24) is 0 Å². The first-order valence-electron chi connectivity index (χ1n) is 7.30. The molecule has 0 amide bonds. The molecule has 0 atom stereocenters. The van der Waals surface area contributed by atoms with Crippen LogP contribution in [0.5, 0.6) is 0 Å². The highest BCUT2D eigenvalue weighted by Crippen LogP contribution is 2.06. The van der Waals surface area contributed by atoms with E-state index in [2.05, 4.69) is 13.2 Å². The van der Waals surface area contributed by atoms with Crippen molar-refractivity contribution in [3.63, 3.8) is 0 Å². The minimum absolute atomic E-state index is 0.311. The average molecular weight is 338 g/mol. The molecule has 2 rings (SSSR count). The Morgan fingerprint density at radius 3 is 1.96 bits per heavy atom. The molecule has 25 heavy (non-hydrogen) atoms. The summed E-state index contributed by atoms with van der Waals surface area (Å²) in [6.45, 7) is 6.79. The van der Waals surface area contributed by atoms with Crippen molar-refractivity contribution in [2.45, 2.75) is 6.61 Å². The summed E-state index contributed by atoms with van der Waals surface area (Å²) < 4.78 is 4.82. The average Bonchev–Trinajstić information content (AvgIpc) is 2.66. The third-order valence-corrected chi connectivity index (χ3v) is 2.96. The predicted octanol–water partition coefficient (Wildman–Crippen LogP) is 3.43. The van der Waals surface area contributed by atoms with Crippen LogP contribution in [0.3, 0.4) is 0 Å². The molecule has 0 radical (unpaired) electrons. The molecule has 5 nitrogen and oxygen atoms in total. The molecule has 0 fully saturated rings. The van der Waals surface area contributed by atoms with E-state index in [1.54, 1.807) is 30.3 Å². The molecule has 0 unspecified atom stereocenters. The van der Waals surface area contributed by atoms with Crippen molar-refractivity contribution >= 4 is 17.7 Å². The highest BCUT2D eigenvalue weighted by molar-refractivity contribution is 6.23. The number of benzene rings is 2. The lowest BCUT2D eigenvalue weighted by molar-refractivity contribution is -0.139. The van der Waals surface area contributed by atoms with Crippen molar-refractivity contribution in [3.8, 4) is 0 Å². The van der Waals surface area contributed by atoms with Gasteiger partial charge in [0.05, 0.1) is 0 Å². The second kappa shape index (κ2) is 10.3. The number of ether oxygens (including phenoxy) is 1. The van der Waals surface area contributed by atoms with E-state index in [1.807, 2.05) is 30.3 Å². The Kier molecular flexibility index (Phi) is 8.09. The van der Waals surface area contributed by atoms with Gasteiger partial charge in [0.25, 0.3) is 0 Å². The Morgan fingerprint density at radius 1 is 0.960 bits per heavy atom. The molecular formula is C20H18O5. The van der Waals surface area contributed by atoms with Crippen LogP contribution in [0.15, 0.2) is 85.5 Å². The van der Waals surface area contributed by atoms with Gasteiger partial charge in [0, 0.05) is 11.6 Å². The first-order valence-corrected chi connectivity index (χ1v) is 7.30. The minimum atomic E-state index is -1.28. The standard InChI is InChI=1S/C10H8O3.C10H10O2/c1-7(10(12)13)9(11)8-5-3-2-4-6-8;1-2-10(11)12-8-9-6-4-3-5-7-9/h2-6H,1H2,(H,12,13);2-7H,1,8H2. The number of esters is 1. The zero-order valence-electron chi connectivity index (χ0n) is 13.6. The second-order valence-corrected chi connectivity index (χ2v) is 4.78. The highest BCUT2D eigenvalue weighted by Gasteiger charge is 2.15. The monoisotopic (exact) mass is 338 g/mol. The van der Waals surface area contributed by atoms with Gasteiger partial charge < -0.3 is 9.84 Å². The van der Waals surface area contributed by atoms with Crippen molar-refractivity contribution in [2.75, 3.05) is 0 Å². The SMILES string of the molecule is C=C(C(=O)O)C(=O)c1ccccc1.C=CC(=O)OCc1ccccc1. The van der Waals surface area contributed by atoms with Gasteiger partial charge >= 0.3 is 11.9 Å². The van der Waals surface area contributed by atoms with Crippen molar-refractivity contribution in [1.29, 1.82) is 0 Å². The molecular weight excluding hydrogens is 320 g/mol. The molecule has 1 N–H and O–H groups in total. The number of carboxylic acid groups (broad SMARTS) is 1. The summed E-state index contributed by atoms with van der Waals surface area (Å²) in [7, 11) is 0. The van der Waals surface area contributed by atoms with E-state index in [1.165, 1.54) is 0 Å². The Bertz CT molecular complexity index is 748. The lowest BCUT2D eigenvalue weighted by atomic mass is 10.1. The zero-order valence-corrected chi connectivity index (χ0v) is 13.6. The summed E-state index contributed by atoms with van der Waals surface area (Å²) in [5.41, 5.74) is 0.911. The minimum Gasteiger partial charge on any atom is -0.478 e. The molecule has 0 spiro atoms. The molecule has 0 aliphatic rings. The molecule has 0 heterocycles. The van der Waals surface area contributed by atoms with Gasteiger partial charge in [-0.15, -0.1) is 0 Å². The van der Waals surface area contributed by atoms with Crippen LogP contribution in [-0.2, 0) is 20.9 Å². The smallest absolute Gasteiger partial charge is 0.339 e. The van der Waals surface area contributed by atoms with E-state index in [0.29, 0.717) is 12.2 Å². The Balaban J connectivity index is 0.000000251. The first-order chi connectivity index (χ1) is 12.0. The highest BCUT2D eigenvalue weighted by atomic mass is 16.5. The van der Waals surface area contributed by atoms with E-state index in [0.717, 1.165) is 11.6 Å². The number of ketones is 1. The van der Waals surface area contributed by atoms with E-state index in [4.69, 9.17) is 9.84 Å². The topological polar surface area (TPSA) is 80.7 Å². The summed E-state index contributed by atoms with van der Waals surface area (Å²) >= 11 is 0. The number of Topliss-reactive ketones (excluding diaryl/α,β-unsaturated/α-hetero) is 1. The maximum Gasteiger partial charge on any atom is 0.339 e. The Morgan fingerprint density at radius 2 is 1.48 bits per heavy atom. The van der Waals surface area contributed by atoms with E-state index in [9.17, 15) is 14.4 Å². The molecule has 0 bridgehead atoms. The maximum absolute atomic E-state index is 11.3. The number of rotatable bonds is 6. The fourth-order valence-corrected chi connectivity index (χ4v) is 1.65. The number of aliphatic carboxylic acids is 1. The van der Waals surface area contributed by atoms with Gasteiger partial charge in [-0.1, -0.05) is 73.8 Å². The summed E-state index contributed by atoms with van der Waals surface area (Å²) in [4.78, 5) is 32.3. The number of carbonyl (C=O) groups excluding carboxylic acids is 2. The third-order valence-electron chi connectivity index (χ3n) is 2.96. The van der Waals surface area contributed by atoms with Gasteiger partial charge in [-0.2, -0.15) is 0 Å².